The minimum atomic E-state index is -0.940. The van der Waals surface area contributed by atoms with Gasteiger partial charge in [0.25, 0.3) is 0 Å². The molecule has 1 fully saturated rings. The first-order valence-corrected chi connectivity index (χ1v) is 13.9. The van der Waals surface area contributed by atoms with Crippen molar-refractivity contribution in [2.24, 2.45) is 0 Å². The summed E-state index contributed by atoms with van der Waals surface area (Å²) in [5.74, 6) is -0.940. The van der Waals surface area contributed by atoms with E-state index in [-0.39, 0.29) is 12.2 Å². The third-order valence-corrected chi connectivity index (χ3v) is 7.29. The second-order valence-electron chi connectivity index (χ2n) is 10.3. The topological polar surface area (TPSA) is 65.0 Å². The molecule has 3 aromatic rings. The Kier molecular flexibility index (Phi) is 10.9. The SMILES string of the molecule is C=CCOCCCCc1ccc(Cc2cc([C@H]3C[C@@H](OCc4ccccc4)C[C@@H](C(=O)O)O3)ccc2C)cc1. The molecular formula is C34H40O5. The van der Waals surface area contributed by atoms with E-state index in [0.29, 0.717) is 26.1 Å². The molecule has 1 saturated heterocycles. The summed E-state index contributed by atoms with van der Waals surface area (Å²) in [5, 5.41) is 9.73. The Morgan fingerprint density at radius 1 is 1.00 bits per heavy atom. The van der Waals surface area contributed by atoms with Gasteiger partial charge < -0.3 is 19.3 Å². The molecule has 5 heteroatoms. The first kappa shape index (κ1) is 28.8. The van der Waals surface area contributed by atoms with E-state index in [0.717, 1.165) is 43.4 Å². The number of benzene rings is 3. The van der Waals surface area contributed by atoms with Gasteiger partial charge in [-0.15, -0.1) is 6.58 Å². The van der Waals surface area contributed by atoms with E-state index in [1.54, 1.807) is 6.08 Å². The fourth-order valence-corrected chi connectivity index (χ4v) is 5.01. The van der Waals surface area contributed by atoms with Gasteiger partial charge in [-0.1, -0.05) is 78.9 Å². The fourth-order valence-electron chi connectivity index (χ4n) is 5.01. The number of rotatable bonds is 14. The number of aliphatic carboxylic acids is 1. The smallest absolute Gasteiger partial charge is 0.332 e. The van der Waals surface area contributed by atoms with Gasteiger partial charge in [0.15, 0.2) is 6.10 Å². The van der Waals surface area contributed by atoms with Gasteiger partial charge in [-0.3, -0.25) is 0 Å². The Morgan fingerprint density at radius 2 is 1.77 bits per heavy atom. The molecule has 0 aliphatic carbocycles. The molecule has 1 aliphatic rings. The number of ether oxygens (including phenoxy) is 3. The van der Waals surface area contributed by atoms with Gasteiger partial charge in [0, 0.05) is 19.4 Å². The van der Waals surface area contributed by atoms with Crippen molar-refractivity contribution in [3.8, 4) is 0 Å². The summed E-state index contributed by atoms with van der Waals surface area (Å²) >= 11 is 0. The molecule has 0 bridgehead atoms. The van der Waals surface area contributed by atoms with E-state index in [4.69, 9.17) is 14.2 Å². The molecule has 0 spiro atoms. The van der Waals surface area contributed by atoms with Gasteiger partial charge in [0.2, 0.25) is 0 Å². The Balaban J connectivity index is 1.38. The molecule has 0 amide bonds. The highest BCUT2D eigenvalue weighted by Crippen LogP contribution is 2.34. The maximum absolute atomic E-state index is 11.9. The Morgan fingerprint density at radius 3 is 2.51 bits per heavy atom. The lowest BCUT2D eigenvalue weighted by Gasteiger charge is -2.34. The first-order chi connectivity index (χ1) is 19.0. The standard InChI is InChI=1S/C34H40O5/c1-3-18-37-19-8-7-9-26-13-15-27(16-14-26)20-30-21-29(17-12-25(30)2)32-22-31(23-33(39-32)34(35)36)38-24-28-10-5-4-6-11-28/h3-6,10-17,21,31-33H,1,7-9,18-20,22-24H2,2H3,(H,35,36)/t31-,32-,33+/m1/s1. The summed E-state index contributed by atoms with van der Waals surface area (Å²) in [6.07, 6.45) is 5.39. The molecule has 1 aliphatic heterocycles. The van der Waals surface area contributed by atoms with Crippen LogP contribution in [0.1, 0.15) is 65.2 Å². The number of unbranched alkanes of at least 4 members (excludes halogenated alkanes) is 1. The Labute approximate surface area is 232 Å². The number of hydrogen-bond donors (Lipinski definition) is 1. The minimum Gasteiger partial charge on any atom is -0.479 e. The van der Waals surface area contributed by atoms with Crippen molar-refractivity contribution in [3.05, 3.63) is 119 Å². The van der Waals surface area contributed by atoms with E-state index in [9.17, 15) is 9.90 Å². The van der Waals surface area contributed by atoms with E-state index in [1.807, 2.05) is 30.3 Å². The van der Waals surface area contributed by atoms with Crippen LogP contribution in [-0.4, -0.2) is 36.5 Å². The van der Waals surface area contributed by atoms with Crippen LogP contribution in [0, 0.1) is 6.92 Å². The average Bonchev–Trinajstić information content (AvgIpc) is 2.96. The molecule has 1 N–H and O–H groups in total. The van der Waals surface area contributed by atoms with Crippen molar-refractivity contribution in [1.82, 2.24) is 0 Å². The van der Waals surface area contributed by atoms with Crippen LogP contribution in [0.2, 0.25) is 0 Å². The molecule has 0 saturated carbocycles. The lowest BCUT2D eigenvalue weighted by atomic mass is 9.91. The van der Waals surface area contributed by atoms with Crippen LogP contribution in [0.3, 0.4) is 0 Å². The van der Waals surface area contributed by atoms with Crippen molar-refractivity contribution < 1.29 is 24.1 Å². The zero-order chi connectivity index (χ0) is 27.5. The third kappa shape index (κ3) is 8.89. The normalized spacial score (nSPS) is 19.1. The molecule has 3 atom stereocenters. The summed E-state index contributed by atoms with van der Waals surface area (Å²) in [7, 11) is 0. The quantitative estimate of drug-likeness (QED) is 0.180. The van der Waals surface area contributed by atoms with E-state index in [1.165, 1.54) is 22.3 Å². The largest absolute Gasteiger partial charge is 0.479 e. The summed E-state index contributed by atoms with van der Waals surface area (Å²) in [6, 6.07) is 25.2. The molecule has 0 radical (unpaired) electrons. The monoisotopic (exact) mass is 528 g/mol. The van der Waals surface area contributed by atoms with Gasteiger partial charge in [-0.05, 0) is 66.0 Å². The van der Waals surface area contributed by atoms with Gasteiger partial charge in [0.1, 0.15) is 0 Å². The van der Waals surface area contributed by atoms with Crippen molar-refractivity contribution in [2.45, 2.75) is 70.4 Å². The van der Waals surface area contributed by atoms with Crippen LogP contribution < -0.4 is 0 Å². The van der Waals surface area contributed by atoms with Gasteiger partial charge >= 0.3 is 5.97 Å². The predicted octanol–water partition coefficient (Wildman–Crippen LogP) is 7.00. The van der Waals surface area contributed by atoms with E-state index in [2.05, 4.69) is 56.0 Å². The Bertz CT molecular complexity index is 1190. The molecule has 3 aromatic carbocycles. The molecule has 0 aromatic heterocycles. The molecule has 5 nitrogen and oxygen atoms in total. The van der Waals surface area contributed by atoms with Crippen LogP contribution >= 0.6 is 0 Å². The zero-order valence-electron chi connectivity index (χ0n) is 22.9. The number of carboxylic acid groups (broad SMARTS) is 1. The van der Waals surface area contributed by atoms with Gasteiger partial charge in [-0.25, -0.2) is 4.79 Å². The van der Waals surface area contributed by atoms with Crippen LogP contribution in [0.4, 0.5) is 0 Å². The summed E-state index contributed by atoms with van der Waals surface area (Å²) < 4.78 is 17.7. The van der Waals surface area contributed by atoms with Crippen LogP contribution in [0.15, 0.2) is 85.5 Å². The van der Waals surface area contributed by atoms with E-state index >= 15 is 0 Å². The second-order valence-corrected chi connectivity index (χ2v) is 10.3. The van der Waals surface area contributed by atoms with Gasteiger partial charge in [0.05, 0.1) is 25.4 Å². The highest BCUT2D eigenvalue weighted by Gasteiger charge is 2.35. The maximum Gasteiger partial charge on any atom is 0.332 e. The fraction of sp³-hybridized carbons (Fsp3) is 0.382. The van der Waals surface area contributed by atoms with Crippen LogP contribution in [0.25, 0.3) is 0 Å². The van der Waals surface area contributed by atoms with E-state index < -0.39 is 12.1 Å². The van der Waals surface area contributed by atoms with Crippen molar-refractivity contribution in [1.29, 1.82) is 0 Å². The highest BCUT2D eigenvalue weighted by atomic mass is 16.5. The number of hydrogen-bond acceptors (Lipinski definition) is 4. The Hall–Kier alpha value is -3.25. The van der Waals surface area contributed by atoms with Gasteiger partial charge in [-0.2, -0.15) is 0 Å². The maximum atomic E-state index is 11.9. The third-order valence-electron chi connectivity index (χ3n) is 7.29. The van der Waals surface area contributed by atoms with Crippen LogP contribution in [0.5, 0.6) is 0 Å². The van der Waals surface area contributed by atoms with Crippen molar-refractivity contribution >= 4 is 5.97 Å². The lowest BCUT2D eigenvalue weighted by molar-refractivity contribution is -0.171. The molecule has 206 valence electrons. The lowest BCUT2D eigenvalue weighted by Crippen LogP contribution is -2.37. The second kappa shape index (κ2) is 14.8. The molecule has 1 heterocycles. The molecule has 39 heavy (non-hydrogen) atoms. The summed E-state index contributed by atoms with van der Waals surface area (Å²) in [5.41, 5.74) is 7.11. The summed E-state index contributed by atoms with van der Waals surface area (Å²) in [4.78, 5) is 11.9. The highest BCUT2D eigenvalue weighted by molar-refractivity contribution is 5.72. The average molecular weight is 529 g/mol. The first-order valence-electron chi connectivity index (χ1n) is 13.9. The minimum absolute atomic E-state index is 0.184. The number of aryl methyl sites for hydroxylation is 2. The molecule has 0 unspecified atom stereocenters. The zero-order valence-corrected chi connectivity index (χ0v) is 22.9. The van der Waals surface area contributed by atoms with Crippen molar-refractivity contribution in [2.75, 3.05) is 13.2 Å². The number of carboxylic acids is 1. The van der Waals surface area contributed by atoms with Crippen molar-refractivity contribution in [3.63, 3.8) is 0 Å². The molecule has 4 rings (SSSR count). The predicted molar refractivity (Wildman–Crippen MR) is 154 cm³/mol. The molecular weight excluding hydrogens is 488 g/mol. The summed E-state index contributed by atoms with van der Waals surface area (Å²) in [6.45, 7) is 7.64. The number of carbonyl (C=O) groups is 1. The van der Waals surface area contributed by atoms with Crippen LogP contribution in [-0.2, 0) is 38.5 Å².